The summed E-state index contributed by atoms with van der Waals surface area (Å²) in [5, 5.41) is 10.5. The van der Waals surface area contributed by atoms with Gasteiger partial charge in [0, 0.05) is 44.2 Å². The summed E-state index contributed by atoms with van der Waals surface area (Å²) in [6, 6.07) is 3.32. The van der Waals surface area contributed by atoms with E-state index < -0.39 is 22.8 Å². The largest absolute Gasteiger partial charge is 0.503 e. The number of carbonyl (C=O) groups excluding carboxylic acids is 1. The molecule has 2 aromatic heterocycles. The number of hydrogen-bond donors (Lipinski definition) is 1. The molecule has 3 heterocycles. The van der Waals surface area contributed by atoms with Gasteiger partial charge in [-0.3, -0.25) is 9.59 Å². The van der Waals surface area contributed by atoms with Crippen LogP contribution in [0.1, 0.15) is 35.3 Å². The van der Waals surface area contributed by atoms with E-state index in [4.69, 9.17) is 0 Å². The van der Waals surface area contributed by atoms with Crippen LogP contribution in [0.5, 0.6) is 5.75 Å². The van der Waals surface area contributed by atoms with Gasteiger partial charge in [-0.25, -0.2) is 13.8 Å². The van der Waals surface area contributed by atoms with Gasteiger partial charge in [0.15, 0.2) is 11.4 Å². The molecule has 1 fully saturated rings. The van der Waals surface area contributed by atoms with Crippen LogP contribution in [0.15, 0.2) is 41.7 Å². The lowest BCUT2D eigenvalue weighted by Gasteiger charge is -2.27. The summed E-state index contributed by atoms with van der Waals surface area (Å²) < 4.78 is 30.0. The van der Waals surface area contributed by atoms with E-state index in [0.29, 0.717) is 13.1 Å². The second-order valence-corrected chi connectivity index (χ2v) is 7.70. The number of hydrogen-bond acceptors (Lipinski definition) is 4. The second kappa shape index (κ2) is 8.33. The number of halogens is 2. The van der Waals surface area contributed by atoms with Crippen molar-refractivity contribution in [1.29, 1.82) is 0 Å². The van der Waals surface area contributed by atoms with E-state index in [1.54, 1.807) is 16.5 Å². The van der Waals surface area contributed by atoms with Crippen molar-refractivity contribution in [2.45, 2.75) is 25.8 Å². The number of aromatic hydroxyl groups is 1. The second-order valence-electron chi connectivity index (χ2n) is 7.70. The average molecular weight is 428 g/mol. The molecule has 1 saturated heterocycles. The topological polar surface area (TPSA) is 80.4 Å². The van der Waals surface area contributed by atoms with Crippen LogP contribution in [0.25, 0.3) is 11.3 Å². The molecule has 1 aliphatic heterocycles. The third-order valence-electron chi connectivity index (χ3n) is 5.48. The van der Waals surface area contributed by atoms with Crippen molar-refractivity contribution >= 4 is 5.91 Å². The summed E-state index contributed by atoms with van der Waals surface area (Å²) in [6.45, 7) is 1.29. The summed E-state index contributed by atoms with van der Waals surface area (Å²) in [6.07, 6.45) is 7.25. The highest BCUT2D eigenvalue weighted by molar-refractivity contribution is 5.95. The number of benzene rings is 1. The Kier molecular flexibility index (Phi) is 5.58. The van der Waals surface area contributed by atoms with E-state index in [-0.39, 0.29) is 35.0 Å². The van der Waals surface area contributed by atoms with E-state index in [1.165, 1.54) is 35.4 Å². The van der Waals surface area contributed by atoms with Gasteiger partial charge in [0.05, 0.1) is 24.1 Å². The fraction of sp³-hybridized carbons (Fsp3) is 0.318. The van der Waals surface area contributed by atoms with Crippen LogP contribution < -0.4 is 5.43 Å². The maximum absolute atomic E-state index is 13.9. The van der Waals surface area contributed by atoms with E-state index in [2.05, 4.69) is 4.98 Å². The molecule has 1 N–H and O–H groups in total. The Labute approximate surface area is 177 Å². The fourth-order valence-electron chi connectivity index (χ4n) is 3.83. The van der Waals surface area contributed by atoms with Gasteiger partial charge in [-0.15, -0.1) is 0 Å². The van der Waals surface area contributed by atoms with Crippen molar-refractivity contribution in [2.75, 3.05) is 13.1 Å². The molecular formula is C22H22F2N4O3. The maximum atomic E-state index is 13.9. The average Bonchev–Trinajstić information content (AvgIpc) is 3.21. The number of nitrogens with zero attached hydrogens (tertiary/aromatic N) is 4. The molecule has 7 nitrogen and oxygen atoms in total. The number of likely N-dealkylation sites (tertiary alicyclic amines) is 1. The zero-order chi connectivity index (χ0) is 22.1. The minimum Gasteiger partial charge on any atom is -0.503 e. The first-order valence-electron chi connectivity index (χ1n) is 10.0. The van der Waals surface area contributed by atoms with E-state index in [9.17, 15) is 23.5 Å². The molecule has 31 heavy (non-hydrogen) atoms. The van der Waals surface area contributed by atoms with Gasteiger partial charge in [-0.2, -0.15) is 0 Å². The van der Waals surface area contributed by atoms with Crippen LogP contribution in [0.2, 0.25) is 0 Å². The van der Waals surface area contributed by atoms with Gasteiger partial charge in [0.1, 0.15) is 11.6 Å². The first-order valence-corrected chi connectivity index (χ1v) is 10.0. The van der Waals surface area contributed by atoms with Crippen LogP contribution in [-0.2, 0) is 13.6 Å². The lowest BCUT2D eigenvalue weighted by atomic mass is 10.1. The third kappa shape index (κ3) is 4.08. The summed E-state index contributed by atoms with van der Waals surface area (Å²) in [5.41, 5.74) is -0.0902. The first kappa shape index (κ1) is 20.8. The normalized spacial score (nSPS) is 14.1. The Hall–Kier alpha value is -3.49. The number of imidazole rings is 1. The van der Waals surface area contributed by atoms with Crippen molar-refractivity contribution in [3.8, 4) is 17.0 Å². The molecule has 0 saturated carbocycles. The van der Waals surface area contributed by atoms with Crippen molar-refractivity contribution in [2.24, 2.45) is 7.05 Å². The van der Waals surface area contributed by atoms with Gasteiger partial charge < -0.3 is 19.1 Å². The van der Waals surface area contributed by atoms with Crippen molar-refractivity contribution in [3.63, 3.8) is 0 Å². The predicted molar refractivity (Wildman–Crippen MR) is 110 cm³/mol. The zero-order valence-corrected chi connectivity index (χ0v) is 17.0. The number of piperidine rings is 1. The van der Waals surface area contributed by atoms with Crippen LogP contribution in [0.3, 0.4) is 0 Å². The molecule has 9 heteroatoms. The number of aryl methyl sites for hydroxylation is 1. The monoisotopic (exact) mass is 428 g/mol. The molecule has 1 amide bonds. The van der Waals surface area contributed by atoms with Crippen LogP contribution in [0, 0.1) is 11.6 Å². The molecule has 3 aromatic rings. The SMILES string of the molecule is Cn1cc(-c2cn(Cc3ccc(F)cc3F)cn2)c(=O)c(O)c1C(=O)N1CCCCC1. The van der Waals surface area contributed by atoms with Crippen LogP contribution in [0.4, 0.5) is 8.78 Å². The Morgan fingerprint density at radius 3 is 2.61 bits per heavy atom. The number of aromatic nitrogens is 3. The van der Waals surface area contributed by atoms with Crippen molar-refractivity contribution < 1.29 is 18.7 Å². The lowest BCUT2D eigenvalue weighted by Crippen LogP contribution is -2.37. The highest BCUT2D eigenvalue weighted by atomic mass is 19.1. The van der Waals surface area contributed by atoms with E-state index in [1.807, 2.05) is 0 Å². The quantitative estimate of drug-likeness (QED) is 0.693. The molecule has 1 aromatic carbocycles. The summed E-state index contributed by atoms with van der Waals surface area (Å²) in [5.74, 6) is -2.33. The van der Waals surface area contributed by atoms with Gasteiger partial charge in [0.2, 0.25) is 5.43 Å². The van der Waals surface area contributed by atoms with E-state index in [0.717, 1.165) is 25.3 Å². The Morgan fingerprint density at radius 1 is 1.16 bits per heavy atom. The Bertz CT molecular complexity index is 1200. The van der Waals surface area contributed by atoms with Gasteiger partial charge in [-0.05, 0) is 25.3 Å². The lowest BCUT2D eigenvalue weighted by molar-refractivity contribution is 0.0710. The molecule has 0 atom stereocenters. The predicted octanol–water partition coefficient (Wildman–Crippen LogP) is 2.91. The smallest absolute Gasteiger partial charge is 0.274 e. The first-order chi connectivity index (χ1) is 14.8. The number of rotatable bonds is 4. The Morgan fingerprint density at radius 2 is 1.90 bits per heavy atom. The molecule has 0 radical (unpaired) electrons. The molecule has 0 bridgehead atoms. The number of pyridine rings is 1. The standard InChI is InChI=1S/C22H22F2N4O3/c1-26-11-16(20(29)21(30)19(26)22(31)28-7-3-2-4-8-28)18-12-27(13-25-18)10-14-5-6-15(23)9-17(14)24/h5-6,9,11-13,30H,2-4,7-8,10H2,1H3. The molecule has 4 rings (SSSR count). The van der Waals surface area contributed by atoms with Crippen LogP contribution in [-0.4, -0.2) is 43.1 Å². The molecule has 0 spiro atoms. The fourth-order valence-corrected chi connectivity index (χ4v) is 3.83. The van der Waals surface area contributed by atoms with Crippen molar-refractivity contribution in [1.82, 2.24) is 19.0 Å². The molecule has 162 valence electrons. The van der Waals surface area contributed by atoms with Crippen molar-refractivity contribution in [3.05, 3.63) is 70.0 Å². The minimum atomic E-state index is -0.698. The molecular weight excluding hydrogens is 406 g/mol. The summed E-state index contributed by atoms with van der Waals surface area (Å²) in [4.78, 5) is 31.5. The van der Waals surface area contributed by atoms with Crippen LogP contribution >= 0.6 is 0 Å². The molecule has 1 aliphatic rings. The summed E-state index contributed by atoms with van der Waals surface area (Å²) >= 11 is 0. The van der Waals surface area contributed by atoms with Gasteiger partial charge in [-0.1, -0.05) is 6.07 Å². The van der Waals surface area contributed by atoms with Gasteiger partial charge in [0.25, 0.3) is 5.91 Å². The van der Waals surface area contributed by atoms with E-state index >= 15 is 0 Å². The third-order valence-corrected chi connectivity index (χ3v) is 5.48. The number of carbonyl (C=O) groups is 1. The highest BCUT2D eigenvalue weighted by Gasteiger charge is 2.26. The summed E-state index contributed by atoms with van der Waals surface area (Å²) in [7, 11) is 1.59. The maximum Gasteiger partial charge on any atom is 0.274 e. The highest BCUT2D eigenvalue weighted by Crippen LogP contribution is 2.22. The zero-order valence-electron chi connectivity index (χ0n) is 17.0. The molecule has 0 aliphatic carbocycles. The van der Waals surface area contributed by atoms with Gasteiger partial charge >= 0.3 is 0 Å². The number of amides is 1. The molecule has 0 unspecified atom stereocenters. The Balaban J connectivity index is 1.63. The minimum absolute atomic E-state index is 0.0523.